The number of benzene rings is 3. The minimum absolute atomic E-state index is 0.0982. The third-order valence-corrected chi connectivity index (χ3v) is 7.92. The monoisotopic (exact) mass is 540 g/mol. The predicted octanol–water partition coefficient (Wildman–Crippen LogP) is 5.29. The topological polar surface area (TPSA) is 73.9 Å². The molecule has 2 heterocycles. The molecule has 40 heavy (non-hydrogen) atoms. The Morgan fingerprint density at radius 3 is 2.27 bits per heavy atom. The van der Waals surface area contributed by atoms with Gasteiger partial charge in [-0.2, -0.15) is 0 Å². The summed E-state index contributed by atoms with van der Waals surface area (Å²) in [7, 11) is 0. The van der Waals surface area contributed by atoms with Crippen LogP contribution in [-0.4, -0.2) is 69.2 Å². The Bertz CT molecular complexity index is 1260. The van der Waals surface area contributed by atoms with E-state index in [1.54, 1.807) is 0 Å². The molecule has 3 aromatic carbocycles. The van der Waals surface area contributed by atoms with Gasteiger partial charge in [0.1, 0.15) is 0 Å². The quantitative estimate of drug-likeness (QED) is 0.361. The predicted molar refractivity (Wildman–Crippen MR) is 161 cm³/mol. The van der Waals surface area contributed by atoms with Crippen molar-refractivity contribution in [3.05, 3.63) is 83.9 Å². The summed E-state index contributed by atoms with van der Waals surface area (Å²) in [6, 6.07) is 23.4. The summed E-state index contributed by atoms with van der Waals surface area (Å²) in [5.41, 5.74) is 4.90. The number of carbonyl (C=O) groups excluding carboxylic acids is 2. The summed E-state index contributed by atoms with van der Waals surface area (Å²) in [5.74, 6) is 0.399. The minimum atomic E-state index is -0.198. The molecule has 3 aromatic rings. The van der Waals surface area contributed by atoms with Gasteiger partial charge in [-0.25, -0.2) is 0 Å². The lowest BCUT2D eigenvalue weighted by molar-refractivity contribution is 0.0374. The average molecular weight is 541 g/mol. The fourth-order valence-electron chi connectivity index (χ4n) is 5.39. The SMILES string of the molecule is CC1CCN(c2ccc(NC(=O)c3ccc(-c4ccccc4)cc3)cc2C(=O)NCCCN2CCOCC2)CC1. The summed E-state index contributed by atoms with van der Waals surface area (Å²) < 4.78 is 5.42. The van der Waals surface area contributed by atoms with Crippen LogP contribution in [0, 0.1) is 5.92 Å². The number of anilines is 2. The molecule has 0 unspecified atom stereocenters. The van der Waals surface area contributed by atoms with Crippen LogP contribution in [0.1, 0.15) is 46.9 Å². The van der Waals surface area contributed by atoms with Gasteiger partial charge in [0.15, 0.2) is 0 Å². The van der Waals surface area contributed by atoms with Crippen LogP contribution >= 0.6 is 0 Å². The number of nitrogens with zero attached hydrogens (tertiary/aromatic N) is 2. The highest BCUT2D eigenvalue weighted by atomic mass is 16.5. The van der Waals surface area contributed by atoms with Crippen molar-refractivity contribution in [2.24, 2.45) is 5.92 Å². The molecule has 0 atom stereocenters. The fraction of sp³-hybridized carbons (Fsp3) is 0.394. The number of hydrogen-bond acceptors (Lipinski definition) is 5. The van der Waals surface area contributed by atoms with Crippen molar-refractivity contribution in [2.45, 2.75) is 26.2 Å². The molecule has 0 aromatic heterocycles. The van der Waals surface area contributed by atoms with E-state index in [-0.39, 0.29) is 11.8 Å². The van der Waals surface area contributed by atoms with Gasteiger partial charge >= 0.3 is 0 Å². The van der Waals surface area contributed by atoms with Crippen LogP contribution in [0.4, 0.5) is 11.4 Å². The first-order chi connectivity index (χ1) is 19.6. The molecule has 7 nitrogen and oxygen atoms in total. The molecular formula is C33H40N4O3. The molecule has 2 fully saturated rings. The van der Waals surface area contributed by atoms with Gasteiger partial charge in [0.25, 0.3) is 11.8 Å². The number of amides is 2. The summed E-state index contributed by atoms with van der Waals surface area (Å²) in [4.78, 5) is 31.2. The van der Waals surface area contributed by atoms with E-state index < -0.39 is 0 Å². The van der Waals surface area contributed by atoms with Crippen molar-refractivity contribution in [2.75, 3.05) is 62.7 Å². The normalized spacial score (nSPS) is 16.5. The Morgan fingerprint density at radius 2 is 1.55 bits per heavy atom. The molecule has 210 valence electrons. The Balaban J connectivity index is 1.26. The van der Waals surface area contributed by atoms with E-state index in [0.717, 1.165) is 82.0 Å². The maximum absolute atomic E-state index is 13.4. The van der Waals surface area contributed by atoms with Crippen molar-refractivity contribution < 1.29 is 14.3 Å². The molecule has 2 aliphatic rings. The summed E-state index contributed by atoms with van der Waals surface area (Å²) in [6.07, 6.45) is 3.11. The van der Waals surface area contributed by atoms with Crippen molar-refractivity contribution in [1.29, 1.82) is 0 Å². The first-order valence-corrected chi connectivity index (χ1v) is 14.5. The van der Waals surface area contributed by atoms with Crippen LogP contribution in [0.15, 0.2) is 72.8 Å². The first kappa shape index (κ1) is 27.9. The maximum Gasteiger partial charge on any atom is 0.255 e. The van der Waals surface area contributed by atoms with Crippen molar-refractivity contribution in [1.82, 2.24) is 10.2 Å². The number of nitrogens with one attached hydrogen (secondary N) is 2. The number of rotatable bonds is 9. The van der Waals surface area contributed by atoms with Gasteiger partial charge < -0.3 is 20.3 Å². The van der Waals surface area contributed by atoms with Gasteiger partial charge in [0, 0.05) is 49.7 Å². The zero-order valence-corrected chi connectivity index (χ0v) is 23.4. The molecule has 0 saturated carbocycles. The molecule has 2 amide bonds. The molecule has 7 heteroatoms. The molecule has 0 aliphatic carbocycles. The van der Waals surface area contributed by atoms with E-state index in [4.69, 9.17) is 4.74 Å². The Morgan fingerprint density at radius 1 is 0.850 bits per heavy atom. The Hall–Kier alpha value is -3.68. The lowest BCUT2D eigenvalue weighted by Gasteiger charge is -2.33. The second-order valence-corrected chi connectivity index (χ2v) is 10.9. The average Bonchev–Trinajstić information content (AvgIpc) is 3.01. The second-order valence-electron chi connectivity index (χ2n) is 10.9. The maximum atomic E-state index is 13.4. The number of carbonyl (C=O) groups is 2. The van der Waals surface area contributed by atoms with Gasteiger partial charge in [-0.05, 0) is 73.2 Å². The van der Waals surface area contributed by atoms with Crippen molar-refractivity contribution in [3.8, 4) is 11.1 Å². The molecule has 0 spiro atoms. The van der Waals surface area contributed by atoms with Crippen LogP contribution in [0.25, 0.3) is 11.1 Å². The highest BCUT2D eigenvalue weighted by molar-refractivity contribution is 6.06. The van der Waals surface area contributed by atoms with Gasteiger partial charge in [-0.15, -0.1) is 0 Å². The van der Waals surface area contributed by atoms with E-state index in [1.165, 1.54) is 0 Å². The summed E-state index contributed by atoms with van der Waals surface area (Å²) >= 11 is 0. The van der Waals surface area contributed by atoms with E-state index in [2.05, 4.69) is 39.5 Å². The Kier molecular flexibility index (Phi) is 9.47. The van der Waals surface area contributed by atoms with E-state index >= 15 is 0 Å². The molecule has 0 radical (unpaired) electrons. The van der Waals surface area contributed by atoms with E-state index in [1.807, 2.05) is 60.7 Å². The van der Waals surface area contributed by atoms with Crippen molar-refractivity contribution >= 4 is 23.2 Å². The molecule has 2 aliphatic heterocycles. The highest BCUT2D eigenvalue weighted by Gasteiger charge is 2.22. The van der Waals surface area contributed by atoms with Gasteiger partial charge in [0.2, 0.25) is 0 Å². The molecule has 5 rings (SSSR count). The van der Waals surface area contributed by atoms with Crippen LogP contribution in [0.2, 0.25) is 0 Å². The van der Waals surface area contributed by atoms with Crippen molar-refractivity contribution in [3.63, 3.8) is 0 Å². The molecule has 0 bridgehead atoms. The largest absolute Gasteiger partial charge is 0.379 e. The second kappa shape index (κ2) is 13.6. The lowest BCUT2D eigenvalue weighted by Crippen LogP contribution is -2.38. The van der Waals surface area contributed by atoms with Crippen LogP contribution in [0.3, 0.4) is 0 Å². The zero-order valence-electron chi connectivity index (χ0n) is 23.4. The number of piperidine rings is 1. The van der Waals surface area contributed by atoms with Gasteiger partial charge in [-0.3, -0.25) is 14.5 Å². The van der Waals surface area contributed by atoms with Crippen LogP contribution in [0.5, 0.6) is 0 Å². The van der Waals surface area contributed by atoms with Crippen LogP contribution in [-0.2, 0) is 4.74 Å². The standard InChI is InChI=1S/C33H40N4O3/c1-25-14-18-37(19-15-25)31-13-12-29(24-30(31)33(39)34-16-5-17-36-20-22-40-23-21-36)35-32(38)28-10-8-27(9-11-28)26-6-3-2-4-7-26/h2-4,6-13,24-25H,5,14-23H2,1H3,(H,34,39)(H,35,38). The number of morpholine rings is 1. The van der Waals surface area contributed by atoms with Gasteiger partial charge in [0.05, 0.1) is 18.8 Å². The number of hydrogen-bond donors (Lipinski definition) is 2. The summed E-state index contributed by atoms with van der Waals surface area (Å²) in [5, 5.41) is 6.13. The van der Waals surface area contributed by atoms with Crippen LogP contribution < -0.4 is 15.5 Å². The molecule has 2 saturated heterocycles. The molecular weight excluding hydrogens is 500 g/mol. The van der Waals surface area contributed by atoms with E-state index in [0.29, 0.717) is 29.3 Å². The smallest absolute Gasteiger partial charge is 0.255 e. The minimum Gasteiger partial charge on any atom is -0.379 e. The Labute approximate surface area is 237 Å². The number of ether oxygens (including phenoxy) is 1. The fourth-order valence-corrected chi connectivity index (χ4v) is 5.39. The lowest BCUT2D eigenvalue weighted by atomic mass is 9.97. The highest BCUT2D eigenvalue weighted by Crippen LogP contribution is 2.29. The van der Waals surface area contributed by atoms with E-state index in [9.17, 15) is 9.59 Å². The zero-order chi connectivity index (χ0) is 27.7. The van der Waals surface area contributed by atoms with Gasteiger partial charge in [-0.1, -0.05) is 49.4 Å². The third-order valence-electron chi connectivity index (χ3n) is 7.92. The first-order valence-electron chi connectivity index (χ1n) is 14.5. The summed E-state index contributed by atoms with van der Waals surface area (Å²) in [6.45, 7) is 9.14. The molecule has 2 N–H and O–H groups in total. The third kappa shape index (κ3) is 7.29.